The average molecular weight is 362 g/mol. The highest BCUT2D eigenvalue weighted by Crippen LogP contribution is 2.35. The molecule has 0 amide bonds. The predicted octanol–water partition coefficient (Wildman–Crippen LogP) is 4.24. The molecule has 0 saturated carbocycles. The van der Waals surface area contributed by atoms with E-state index in [1.54, 1.807) is 14.2 Å². The number of nitrogens with one attached hydrogen (secondary N) is 1. The summed E-state index contributed by atoms with van der Waals surface area (Å²) in [7, 11) is 3.25. The van der Waals surface area contributed by atoms with Crippen LogP contribution in [0.5, 0.6) is 11.5 Å². The molecule has 0 spiro atoms. The highest BCUT2D eigenvalue weighted by Gasteiger charge is 2.21. The first-order valence-electron chi connectivity index (χ1n) is 8.88. The molecule has 1 N–H and O–H groups in total. The van der Waals surface area contributed by atoms with Gasteiger partial charge in [0.15, 0.2) is 11.5 Å². The van der Waals surface area contributed by atoms with Crippen LogP contribution >= 0.6 is 0 Å². The molecule has 0 fully saturated rings. The van der Waals surface area contributed by atoms with Gasteiger partial charge < -0.3 is 19.7 Å². The zero-order chi connectivity index (χ0) is 18.8. The minimum Gasteiger partial charge on any atom is -0.493 e. The maximum absolute atomic E-state index is 5.38. The van der Waals surface area contributed by atoms with E-state index in [1.807, 2.05) is 31.2 Å². The van der Waals surface area contributed by atoms with Crippen LogP contribution in [0.3, 0.4) is 0 Å². The fourth-order valence-electron chi connectivity index (χ4n) is 3.39. The summed E-state index contributed by atoms with van der Waals surface area (Å²) < 4.78 is 10.7. The van der Waals surface area contributed by atoms with Gasteiger partial charge in [0.2, 0.25) is 0 Å². The van der Waals surface area contributed by atoms with Gasteiger partial charge in [-0.3, -0.25) is 0 Å². The lowest BCUT2D eigenvalue weighted by Gasteiger charge is -2.19. The van der Waals surface area contributed by atoms with Crippen molar-refractivity contribution in [1.29, 1.82) is 0 Å². The molecule has 1 aliphatic rings. The maximum Gasteiger partial charge on any atom is 0.162 e. The van der Waals surface area contributed by atoms with Gasteiger partial charge in [-0.25, -0.2) is 9.97 Å². The van der Waals surface area contributed by atoms with Crippen LogP contribution in [0.2, 0.25) is 0 Å². The first kappa shape index (κ1) is 17.1. The molecule has 0 unspecified atom stereocenters. The Kier molecular flexibility index (Phi) is 4.54. The monoisotopic (exact) mass is 362 g/mol. The van der Waals surface area contributed by atoms with Gasteiger partial charge in [0.1, 0.15) is 17.5 Å². The number of ether oxygens (including phenoxy) is 2. The van der Waals surface area contributed by atoms with E-state index < -0.39 is 0 Å². The normalized spacial score (nSPS) is 12.6. The smallest absolute Gasteiger partial charge is 0.162 e. The quantitative estimate of drug-likeness (QED) is 0.733. The summed E-state index contributed by atoms with van der Waals surface area (Å²) in [5.74, 6) is 3.72. The third-order valence-electron chi connectivity index (χ3n) is 4.64. The molecular weight excluding hydrogens is 340 g/mol. The maximum atomic E-state index is 5.38. The number of methoxy groups -OCH3 is 2. The van der Waals surface area contributed by atoms with E-state index in [0.29, 0.717) is 11.5 Å². The van der Waals surface area contributed by atoms with E-state index in [0.717, 1.165) is 36.1 Å². The fourth-order valence-corrected chi connectivity index (χ4v) is 3.39. The Morgan fingerprint density at radius 2 is 1.78 bits per heavy atom. The predicted molar refractivity (Wildman–Crippen MR) is 107 cm³/mol. The molecule has 2 heterocycles. The molecule has 6 heteroatoms. The molecule has 3 aromatic rings. The Morgan fingerprint density at radius 3 is 2.59 bits per heavy atom. The number of nitrogens with zero attached hydrogens (tertiary/aromatic N) is 3. The molecule has 4 rings (SSSR count). The van der Waals surface area contributed by atoms with Crippen LogP contribution in [0.4, 0.5) is 23.0 Å². The van der Waals surface area contributed by atoms with Crippen molar-refractivity contribution in [2.45, 2.75) is 13.3 Å². The molecule has 1 aliphatic heterocycles. The van der Waals surface area contributed by atoms with Crippen LogP contribution in [0.15, 0.2) is 48.5 Å². The molecule has 0 aliphatic carbocycles. The molecule has 0 bridgehead atoms. The molecule has 138 valence electrons. The van der Waals surface area contributed by atoms with Crippen molar-refractivity contribution in [3.63, 3.8) is 0 Å². The summed E-state index contributed by atoms with van der Waals surface area (Å²) in [6, 6.07) is 16.1. The zero-order valence-electron chi connectivity index (χ0n) is 15.7. The van der Waals surface area contributed by atoms with Crippen LogP contribution < -0.4 is 19.7 Å². The van der Waals surface area contributed by atoms with Gasteiger partial charge in [0.05, 0.1) is 14.2 Å². The molecular formula is C21H22N4O2. The second kappa shape index (κ2) is 7.15. The second-order valence-corrected chi connectivity index (χ2v) is 6.38. The Morgan fingerprint density at radius 1 is 0.963 bits per heavy atom. The highest BCUT2D eigenvalue weighted by atomic mass is 16.5. The van der Waals surface area contributed by atoms with E-state index in [9.17, 15) is 0 Å². The third-order valence-corrected chi connectivity index (χ3v) is 4.64. The van der Waals surface area contributed by atoms with Crippen LogP contribution in [0.25, 0.3) is 0 Å². The lowest BCUT2D eigenvalue weighted by molar-refractivity contribution is 0.355. The lowest BCUT2D eigenvalue weighted by Crippen LogP contribution is -2.16. The van der Waals surface area contributed by atoms with Crippen LogP contribution in [-0.4, -0.2) is 30.7 Å². The van der Waals surface area contributed by atoms with Gasteiger partial charge in [-0.1, -0.05) is 18.2 Å². The van der Waals surface area contributed by atoms with Crippen molar-refractivity contribution >= 4 is 23.0 Å². The summed E-state index contributed by atoms with van der Waals surface area (Å²) >= 11 is 0. The number of benzene rings is 2. The third kappa shape index (κ3) is 3.38. The standard InChI is InChI=1S/C21H22N4O2/c1-14-22-20(24-16-8-9-18(26-2)19(12-16)27-3)13-21(23-14)25-11-10-15-6-4-5-7-17(15)25/h4-9,12-13H,10-11H2,1-3H3,(H,22,23,24). The number of hydrogen-bond acceptors (Lipinski definition) is 6. The Bertz CT molecular complexity index is 974. The van der Waals surface area contributed by atoms with Gasteiger partial charge in [0.25, 0.3) is 0 Å². The summed E-state index contributed by atoms with van der Waals surface area (Å²) in [5.41, 5.74) is 3.44. The minimum absolute atomic E-state index is 0.668. The highest BCUT2D eigenvalue weighted by molar-refractivity contribution is 5.70. The number of aryl methyl sites for hydroxylation is 1. The zero-order valence-corrected chi connectivity index (χ0v) is 15.7. The van der Waals surface area contributed by atoms with Crippen molar-refractivity contribution < 1.29 is 9.47 Å². The first-order chi connectivity index (χ1) is 13.2. The van der Waals surface area contributed by atoms with Crippen LogP contribution in [0, 0.1) is 6.92 Å². The number of para-hydroxylation sites is 1. The minimum atomic E-state index is 0.668. The van der Waals surface area contributed by atoms with E-state index >= 15 is 0 Å². The largest absolute Gasteiger partial charge is 0.493 e. The first-order valence-corrected chi connectivity index (χ1v) is 8.88. The van der Waals surface area contributed by atoms with E-state index in [4.69, 9.17) is 9.47 Å². The van der Waals surface area contributed by atoms with Crippen molar-refractivity contribution in [2.75, 3.05) is 31.0 Å². The number of fused-ring (bicyclic) bond motifs is 1. The summed E-state index contributed by atoms with van der Waals surface area (Å²) in [6.45, 7) is 2.83. The molecule has 27 heavy (non-hydrogen) atoms. The van der Waals surface area contributed by atoms with Crippen molar-refractivity contribution in [2.24, 2.45) is 0 Å². The topological polar surface area (TPSA) is 59.5 Å². The number of aromatic nitrogens is 2. The van der Waals surface area contributed by atoms with Gasteiger partial charge in [-0.15, -0.1) is 0 Å². The summed E-state index contributed by atoms with van der Waals surface area (Å²) in [5, 5.41) is 3.35. The molecule has 0 atom stereocenters. The van der Waals surface area contributed by atoms with Gasteiger partial charge in [0, 0.05) is 30.1 Å². The molecule has 6 nitrogen and oxygen atoms in total. The van der Waals surface area contributed by atoms with Crippen molar-refractivity contribution in [3.05, 3.63) is 59.9 Å². The van der Waals surface area contributed by atoms with E-state index in [-0.39, 0.29) is 0 Å². The Hall–Kier alpha value is -3.28. The average Bonchev–Trinajstić information content (AvgIpc) is 3.11. The molecule has 0 saturated heterocycles. The van der Waals surface area contributed by atoms with Gasteiger partial charge in [-0.2, -0.15) is 0 Å². The van der Waals surface area contributed by atoms with Gasteiger partial charge in [-0.05, 0) is 37.1 Å². The Labute approximate surface area is 158 Å². The number of hydrogen-bond donors (Lipinski definition) is 1. The summed E-state index contributed by atoms with van der Waals surface area (Å²) in [6.07, 6.45) is 1.03. The Balaban J connectivity index is 1.64. The molecule has 1 aromatic heterocycles. The number of rotatable bonds is 5. The van der Waals surface area contributed by atoms with Crippen molar-refractivity contribution in [3.8, 4) is 11.5 Å². The summed E-state index contributed by atoms with van der Waals surface area (Å²) in [4.78, 5) is 11.4. The number of anilines is 4. The van der Waals surface area contributed by atoms with Crippen molar-refractivity contribution in [1.82, 2.24) is 9.97 Å². The van der Waals surface area contributed by atoms with Crippen LogP contribution in [0.1, 0.15) is 11.4 Å². The fraction of sp³-hybridized carbons (Fsp3) is 0.238. The van der Waals surface area contributed by atoms with Crippen LogP contribution in [-0.2, 0) is 6.42 Å². The van der Waals surface area contributed by atoms with Gasteiger partial charge >= 0.3 is 0 Å². The lowest BCUT2D eigenvalue weighted by atomic mass is 10.2. The molecule has 2 aromatic carbocycles. The SMILES string of the molecule is COc1ccc(Nc2cc(N3CCc4ccccc43)nc(C)n2)cc1OC. The molecule has 0 radical (unpaired) electrons. The van der Waals surface area contributed by atoms with E-state index in [2.05, 4.69) is 44.5 Å². The van der Waals surface area contributed by atoms with E-state index in [1.165, 1.54) is 11.3 Å². The second-order valence-electron chi connectivity index (χ2n) is 6.38.